The molecule has 8 nitrogen and oxygen atoms in total. The minimum Gasteiger partial charge on any atom is -0.493 e. The van der Waals surface area contributed by atoms with E-state index >= 15 is 0 Å². The smallest absolute Gasteiger partial charge is 0.343 e. The largest absolute Gasteiger partial charge is 0.493 e. The lowest BCUT2D eigenvalue weighted by Crippen LogP contribution is -2.37. The van der Waals surface area contributed by atoms with Crippen LogP contribution < -0.4 is 19.4 Å². The normalized spacial score (nSPS) is 19.8. The molecule has 4 aromatic carbocycles. The average Bonchev–Trinajstić information content (AvgIpc) is 3.49. The molecule has 3 atom stereocenters. The molecule has 2 heterocycles. The van der Waals surface area contributed by atoms with Crippen LogP contribution >= 0.6 is 0 Å². The first-order valence-corrected chi connectivity index (χ1v) is 13.0. The highest BCUT2D eigenvalue weighted by Gasteiger charge is 2.60. The Morgan fingerprint density at radius 3 is 2.27 bits per heavy atom. The van der Waals surface area contributed by atoms with Crippen molar-refractivity contribution in [2.75, 3.05) is 17.1 Å². The maximum Gasteiger partial charge on any atom is 0.343 e. The number of methoxy groups -OCH3 is 1. The summed E-state index contributed by atoms with van der Waals surface area (Å²) in [7, 11) is 1.43. The average molecular weight is 553 g/mol. The summed E-state index contributed by atoms with van der Waals surface area (Å²) in [4.78, 5) is 47.5. The fourth-order valence-corrected chi connectivity index (χ4v) is 5.27. The van der Waals surface area contributed by atoms with Gasteiger partial charge < -0.3 is 9.47 Å². The third kappa shape index (κ3) is 4.70. The van der Waals surface area contributed by atoms with Gasteiger partial charge in [0, 0.05) is 0 Å². The molecule has 0 unspecified atom stereocenters. The highest BCUT2D eigenvalue weighted by Crippen LogP contribution is 2.48. The van der Waals surface area contributed by atoms with E-state index in [1.54, 1.807) is 41.5 Å². The van der Waals surface area contributed by atoms with Crippen molar-refractivity contribution < 1.29 is 33.1 Å². The monoisotopic (exact) mass is 552 g/mol. The first-order chi connectivity index (χ1) is 19.9. The van der Waals surface area contributed by atoms with Gasteiger partial charge in [-0.25, -0.2) is 19.1 Å². The summed E-state index contributed by atoms with van der Waals surface area (Å²) in [6.07, 6.45) is -1.03. The van der Waals surface area contributed by atoms with Gasteiger partial charge in [0.15, 0.2) is 17.6 Å². The number of para-hydroxylation sites is 1. The summed E-state index contributed by atoms with van der Waals surface area (Å²) in [5.41, 5.74) is 2.86. The van der Waals surface area contributed by atoms with Crippen LogP contribution in [0.4, 0.5) is 15.8 Å². The molecule has 2 amide bonds. The first kappa shape index (κ1) is 26.2. The van der Waals surface area contributed by atoms with Gasteiger partial charge in [-0.05, 0) is 78.7 Å². The fourth-order valence-electron chi connectivity index (χ4n) is 5.27. The number of nitrogens with zero attached hydrogens (tertiary/aromatic N) is 2. The minimum atomic E-state index is -1.03. The van der Waals surface area contributed by atoms with Gasteiger partial charge in [-0.3, -0.25) is 14.4 Å². The van der Waals surface area contributed by atoms with Gasteiger partial charge in [0.1, 0.15) is 11.7 Å². The number of esters is 1. The van der Waals surface area contributed by atoms with E-state index in [9.17, 15) is 18.8 Å². The van der Waals surface area contributed by atoms with E-state index in [1.165, 1.54) is 36.3 Å². The van der Waals surface area contributed by atoms with Crippen LogP contribution in [0.1, 0.15) is 27.5 Å². The molecule has 0 aliphatic carbocycles. The maximum absolute atomic E-state index is 13.9. The van der Waals surface area contributed by atoms with Crippen molar-refractivity contribution in [3.63, 3.8) is 0 Å². The topological polar surface area (TPSA) is 85.4 Å². The van der Waals surface area contributed by atoms with E-state index < -0.39 is 35.8 Å². The van der Waals surface area contributed by atoms with Crippen molar-refractivity contribution in [1.29, 1.82) is 0 Å². The van der Waals surface area contributed by atoms with Crippen LogP contribution in [0.3, 0.4) is 0 Å². The summed E-state index contributed by atoms with van der Waals surface area (Å²) in [5, 5.41) is 1.58. The van der Waals surface area contributed by atoms with Gasteiger partial charge in [-0.15, -0.1) is 0 Å². The van der Waals surface area contributed by atoms with Gasteiger partial charge in [-0.2, -0.15) is 0 Å². The van der Waals surface area contributed by atoms with Crippen molar-refractivity contribution in [3.8, 4) is 11.5 Å². The number of hydroxylamine groups is 1. The van der Waals surface area contributed by atoms with Crippen LogP contribution in [0.2, 0.25) is 0 Å². The van der Waals surface area contributed by atoms with Gasteiger partial charge >= 0.3 is 5.97 Å². The molecule has 0 radical (unpaired) electrons. The van der Waals surface area contributed by atoms with Crippen molar-refractivity contribution in [1.82, 2.24) is 0 Å². The van der Waals surface area contributed by atoms with Crippen LogP contribution in [0.15, 0.2) is 97.1 Å². The maximum atomic E-state index is 13.9. The summed E-state index contributed by atoms with van der Waals surface area (Å²) in [6, 6.07) is 25.6. The Bertz CT molecular complexity index is 1640. The molecule has 2 aliphatic heterocycles. The molecular weight excluding hydrogens is 527 g/mol. The predicted molar refractivity (Wildman–Crippen MR) is 148 cm³/mol. The van der Waals surface area contributed by atoms with E-state index in [-0.39, 0.29) is 23.0 Å². The third-order valence-electron chi connectivity index (χ3n) is 7.20. The lowest BCUT2D eigenvalue weighted by atomic mass is 9.90. The minimum absolute atomic E-state index is 0.141. The zero-order valence-corrected chi connectivity index (χ0v) is 22.2. The molecule has 0 saturated carbocycles. The van der Waals surface area contributed by atoms with Crippen molar-refractivity contribution in [2.45, 2.75) is 19.1 Å². The number of ether oxygens (including phenoxy) is 2. The SMILES string of the molecule is COc1cc([C@@H]2[C@@H]3C(=O)N(c4cccc(C)c4)C(=O)[C@@H]3ON2c2ccccc2)ccc1OC(=O)c1ccc(F)cc1. The lowest BCUT2D eigenvalue weighted by Gasteiger charge is -2.29. The number of rotatable bonds is 6. The number of fused-ring (bicyclic) bond motifs is 1. The standard InChI is InChI=1S/C32H25FN2O6/c1-19-7-6-10-24(17-19)34-30(36)27-28(35(41-29(27)31(34)37)23-8-4-3-5-9-23)21-13-16-25(26(18-21)39-2)40-32(38)20-11-14-22(33)15-12-20/h3-18,27-29H,1-2H3/t27-,28+,29+/m0/s1. The Morgan fingerprint density at radius 2 is 1.56 bits per heavy atom. The Balaban J connectivity index is 1.37. The van der Waals surface area contributed by atoms with Crippen molar-refractivity contribution in [3.05, 3.63) is 120 Å². The third-order valence-corrected chi connectivity index (χ3v) is 7.20. The first-order valence-electron chi connectivity index (χ1n) is 13.0. The van der Waals surface area contributed by atoms with Crippen LogP contribution in [0, 0.1) is 18.7 Å². The number of benzene rings is 4. The molecule has 2 saturated heterocycles. The van der Waals surface area contributed by atoms with Crippen molar-refractivity contribution in [2.24, 2.45) is 5.92 Å². The predicted octanol–water partition coefficient (Wildman–Crippen LogP) is 5.41. The quantitative estimate of drug-likeness (QED) is 0.180. The number of carbonyl (C=O) groups is 3. The Morgan fingerprint density at radius 1 is 0.829 bits per heavy atom. The van der Waals surface area contributed by atoms with Crippen LogP contribution in [-0.2, 0) is 14.4 Å². The second-order valence-corrected chi connectivity index (χ2v) is 9.82. The van der Waals surface area contributed by atoms with Gasteiger partial charge in [0.05, 0.1) is 30.1 Å². The van der Waals surface area contributed by atoms with Gasteiger partial charge in [-0.1, -0.05) is 36.4 Å². The zero-order valence-electron chi connectivity index (χ0n) is 22.2. The number of halogens is 1. The van der Waals surface area contributed by atoms with E-state index in [0.29, 0.717) is 16.9 Å². The summed E-state index contributed by atoms with van der Waals surface area (Å²) in [6.45, 7) is 1.89. The number of imide groups is 1. The highest BCUT2D eigenvalue weighted by molar-refractivity contribution is 6.24. The molecule has 6 rings (SSSR count). The van der Waals surface area contributed by atoms with Gasteiger partial charge in [0.25, 0.3) is 5.91 Å². The summed E-state index contributed by atoms with van der Waals surface area (Å²) >= 11 is 0. The van der Waals surface area contributed by atoms with Crippen molar-refractivity contribution >= 4 is 29.2 Å². The number of hydrogen-bond acceptors (Lipinski definition) is 7. The number of hydrogen-bond donors (Lipinski definition) is 0. The number of aryl methyl sites for hydroxylation is 1. The zero-order chi connectivity index (χ0) is 28.7. The highest BCUT2D eigenvalue weighted by atomic mass is 19.1. The molecule has 0 aromatic heterocycles. The summed E-state index contributed by atoms with van der Waals surface area (Å²) in [5.74, 6) is -2.43. The molecule has 41 heavy (non-hydrogen) atoms. The molecule has 4 aromatic rings. The molecule has 0 spiro atoms. The van der Waals surface area contributed by atoms with E-state index in [4.69, 9.17) is 14.3 Å². The molecule has 2 aliphatic rings. The molecule has 0 bridgehead atoms. The van der Waals surface area contributed by atoms with Crippen LogP contribution in [-0.4, -0.2) is 31.0 Å². The molecule has 0 N–H and O–H groups in total. The lowest BCUT2D eigenvalue weighted by molar-refractivity contribution is -0.126. The van der Waals surface area contributed by atoms with Crippen LogP contribution in [0.5, 0.6) is 11.5 Å². The molecule has 9 heteroatoms. The van der Waals surface area contributed by atoms with Gasteiger partial charge in [0.2, 0.25) is 5.91 Å². The molecule has 206 valence electrons. The Labute approximate surface area is 235 Å². The second-order valence-electron chi connectivity index (χ2n) is 9.82. The molecular formula is C32H25FN2O6. The Hall–Kier alpha value is -5.02. The number of anilines is 2. The fraction of sp³-hybridized carbons (Fsp3) is 0.156. The Kier molecular flexibility index (Phi) is 6.72. The summed E-state index contributed by atoms with van der Waals surface area (Å²) < 4.78 is 24.4. The molecule has 2 fully saturated rings. The number of carbonyl (C=O) groups excluding carboxylic acids is 3. The number of amides is 2. The van der Waals surface area contributed by atoms with E-state index in [1.807, 2.05) is 43.3 Å². The van der Waals surface area contributed by atoms with E-state index in [0.717, 1.165) is 5.56 Å². The van der Waals surface area contributed by atoms with E-state index in [2.05, 4.69) is 0 Å². The van der Waals surface area contributed by atoms with Crippen LogP contribution in [0.25, 0.3) is 0 Å². The second kappa shape index (κ2) is 10.5.